The van der Waals surface area contributed by atoms with Crippen molar-refractivity contribution in [3.63, 3.8) is 0 Å². The molecule has 0 saturated heterocycles. The summed E-state index contributed by atoms with van der Waals surface area (Å²) in [5, 5.41) is 7.30. The molecule has 6 nitrogen and oxygen atoms in total. The number of aromatic amines is 1. The zero-order valence-corrected chi connectivity index (χ0v) is 13.4. The van der Waals surface area contributed by atoms with Crippen LogP contribution in [0, 0.1) is 0 Å². The molecular formula is C18H18N4O2. The molecule has 4 rings (SSSR count). The average Bonchev–Trinajstić information content (AvgIpc) is 3.16. The molecular weight excluding hydrogens is 304 g/mol. The summed E-state index contributed by atoms with van der Waals surface area (Å²) in [6.07, 6.45) is 3.65. The molecule has 3 aromatic rings. The lowest BCUT2D eigenvalue weighted by atomic mass is 10.1. The van der Waals surface area contributed by atoms with Crippen LogP contribution in [0.3, 0.4) is 0 Å². The maximum atomic E-state index is 12.5. The van der Waals surface area contributed by atoms with Gasteiger partial charge in [0.2, 0.25) is 0 Å². The molecule has 0 bridgehead atoms. The molecule has 1 N–H and O–H groups in total. The van der Waals surface area contributed by atoms with Crippen molar-refractivity contribution in [1.29, 1.82) is 0 Å². The fourth-order valence-electron chi connectivity index (χ4n) is 2.63. The van der Waals surface area contributed by atoms with E-state index in [1.807, 2.05) is 36.4 Å². The molecule has 1 amide bonds. The van der Waals surface area contributed by atoms with E-state index in [0.717, 1.165) is 29.8 Å². The van der Waals surface area contributed by atoms with Crippen LogP contribution in [-0.4, -0.2) is 33.0 Å². The number of carbonyl (C=O) groups excluding carboxylic acids is 1. The maximum Gasteiger partial charge on any atom is 0.275 e. The summed E-state index contributed by atoms with van der Waals surface area (Å²) in [5.41, 5.74) is 3.14. The second-order valence-corrected chi connectivity index (χ2v) is 6.15. The van der Waals surface area contributed by atoms with Crippen molar-refractivity contribution in [3.05, 3.63) is 59.9 Å². The number of rotatable bonds is 5. The van der Waals surface area contributed by atoms with Gasteiger partial charge in [-0.05, 0) is 18.9 Å². The third-order valence-electron chi connectivity index (χ3n) is 4.12. The van der Waals surface area contributed by atoms with Crippen LogP contribution >= 0.6 is 0 Å². The van der Waals surface area contributed by atoms with Gasteiger partial charge < -0.3 is 9.32 Å². The number of hydrogen-bond acceptors (Lipinski definition) is 4. The van der Waals surface area contributed by atoms with Crippen molar-refractivity contribution < 1.29 is 9.21 Å². The van der Waals surface area contributed by atoms with Crippen LogP contribution in [0.4, 0.5) is 0 Å². The van der Waals surface area contributed by atoms with E-state index in [4.69, 9.17) is 4.42 Å². The number of nitrogens with zero attached hydrogens (tertiary/aromatic N) is 3. The minimum atomic E-state index is -0.151. The van der Waals surface area contributed by atoms with E-state index < -0.39 is 0 Å². The molecule has 122 valence electrons. The molecule has 2 aromatic heterocycles. The lowest BCUT2D eigenvalue weighted by Crippen LogP contribution is -2.26. The number of aromatic nitrogens is 3. The molecule has 2 heterocycles. The van der Waals surface area contributed by atoms with Crippen molar-refractivity contribution in [3.8, 4) is 11.3 Å². The number of H-pyrrole nitrogens is 1. The van der Waals surface area contributed by atoms with E-state index in [2.05, 4.69) is 15.2 Å². The minimum Gasteiger partial charge on any atom is -0.448 e. The Morgan fingerprint density at radius 2 is 2.12 bits per heavy atom. The minimum absolute atomic E-state index is 0.151. The van der Waals surface area contributed by atoms with Crippen LogP contribution in [0.2, 0.25) is 0 Å². The summed E-state index contributed by atoms with van der Waals surface area (Å²) in [6, 6.07) is 11.9. The van der Waals surface area contributed by atoms with E-state index in [1.165, 1.54) is 6.26 Å². The molecule has 6 heteroatoms. The molecule has 1 aromatic carbocycles. The quantitative estimate of drug-likeness (QED) is 0.782. The highest BCUT2D eigenvalue weighted by Crippen LogP contribution is 2.39. The number of benzene rings is 1. The summed E-state index contributed by atoms with van der Waals surface area (Å²) >= 11 is 0. The van der Waals surface area contributed by atoms with Crippen LogP contribution in [-0.2, 0) is 6.54 Å². The highest BCUT2D eigenvalue weighted by molar-refractivity contribution is 5.91. The zero-order valence-electron chi connectivity index (χ0n) is 13.4. The summed E-state index contributed by atoms with van der Waals surface area (Å²) in [5.74, 6) is 0.930. The monoisotopic (exact) mass is 322 g/mol. The van der Waals surface area contributed by atoms with Crippen molar-refractivity contribution in [1.82, 2.24) is 20.1 Å². The molecule has 1 fully saturated rings. The SMILES string of the molecule is CN(Cc1cc(-c2ccccc2)n[nH]1)C(=O)c1coc(C2CC2)n1. The van der Waals surface area contributed by atoms with Gasteiger partial charge in [0.25, 0.3) is 5.91 Å². The van der Waals surface area contributed by atoms with Crippen molar-refractivity contribution in [2.45, 2.75) is 25.3 Å². The largest absolute Gasteiger partial charge is 0.448 e. The first kappa shape index (κ1) is 14.7. The summed E-state index contributed by atoms with van der Waals surface area (Å²) < 4.78 is 5.39. The van der Waals surface area contributed by atoms with Gasteiger partial charge in [-0.1, -0.05) is 30.3 Å². The lowest BCUT2D eigenvalue weighted by Gasteiger charge is -2.13. The van der Waals surface area contributed by atoms with Gasteiger partial charge in [-0.3, -0.25) is 9.89 Å². The van der Waals surface area contributed by atoms with Gasteiger partial charge in [0.1, 0.15) is 6.26 Å². The number of hydrogen-bond donors (Lipinski definition) is 1. The smallest absolute Gasteiger partial charge is 0.275 e. The maximum absolute atomic E-state index is 12.5. The van der Waals surface area contributed by atoms with Gasteiger partial charge in [-0.15, -0.1) is 0 Å². The molecule has 0 spiro atoms. The first-order valence-corrected chi connectivity index (χ1v) is 8.01. The third kappa shape index (κ3) is 2.95. The normalized spacial score (nSPS) is 13.9. The Bertz CT molecular complexity index is 849. The average molecular weight is 322 g/mol. The van der Waals surface area contributed by atoms with Crippen LogP contribution in [0.5, 0.6) is 0 Å². The Kier molecular flexibility index (Phi) is 3.65. The highest BCUT2D eigenvalue weighted by atomic mass is 16.3. The van der Waals surface area contributed by atoms with E-state index in [1.54, 1.807) is 11.9 Å². The van der Waals surface area contributed by atoms with Gasteiger partial charge in [-0.25, -0.2) is 4.98 Å². The molecule has 1 aliphatic carbocycles. The fraction of sp³-hybridized carbons (Fsp3) is 0.278. The molecule has 0 radical (unpaired) electrons. The van der Waals surface area contributed by atoms with Gasteiger partial charge in [0.05, 0.1) is 17.9 Å². The zero-order chi connectivity index (χ0) is 16.5. The number of carbonyl (C=O) groups is 1. The summed E-state index contributed by atoms with van der Waals surface area (Å²) in [7, 11) is 1.75. The van der Waals surface area contributed by atoms with E-state index >= 15 is 0 Å². The Morgan fingerprint density at radius 1 is 1.33 bits per heavy atom. The Balaban J connectivity index is 1.44. The van der Waals surface area contributed by atoms with Crippen molar-refractivity contribution in [2.75, 3.05) is 7.05 Å². The van der Waals surface area contributed by atoms with Crippen LogP contribution in [0.25, 0.3) is 11.3 Å². The van der Waals surface area contributed by atoms with Crippen molar-refractivity contribution >= 4 is 5.91 Å². The van der Waals surface area contributed by atoms with Crippen LogP contribution in [0.15, 0.2) is 47.1 Å². The standard InChI is InChI=1S/C18H18N4O2/c1-22(18(23)16-11-24-17(19-16)13-7-8-13)10-14-9-15(21-20-14)12-5-3-2-4-6-12/h2-6,9,11,13H,7-8,10H2,1H3,(H,20,21). The molecule has 24 heavy (non-hydrogen) atoms. The molecule has 0 unspecified atom stereocenters. The predicted molar refractivity (Wildman–Crippen MR) is 88.3 cm³/mol. The Morgan fingerprint density at radius 3 is 2.88 bits per heavy atom. The Hall–Kier alpha value is -2.89. The fourth-order valence-corrected chi connectivity index (χ4v) is 2.63. The Labute approximate surface area is 139 Å². The second kappa shape index (κ2) is 5.96. The lowest BCUT2D eigenvalue weighted by molar-refractivity contribution is 0.0777. The van der Waals surface area contributed by atoms with E-state index in [9.17, 15) is 4.79 Å². The van der Waals surface area contributed by atoms with Gasteiger partial charge >= 0.3 is 0 Å². The summed E-state index contributed by atoms with van der Waals surface area (Å²) in [6.45, 7) is 0.435. The van der Waals surface area contributed by atoms with E-state index in [0.29, 0.717) is 24.0 Å². The van der Waals surface area contributed by atoms with Crippen molar-refractivity contribution in [2.24, 2.45) is 0 Å². The molecule has 1 saturated carbocycles. The number of amides is 1. The highest BCUT2D eigenvalue weighted by Gasteiger charge is 2.30. The van der Waals surface area contributed by atoms with Crippen LogP contribution in [0.1, 0.15) is 40.8 Å². The second-order valence-electron chi connectivity index (χ2n) is 6.15. The predicted octanol–water partition coefficient (Wildman–Crippen LogP) is 3.21. The van der Waals surface area contributed by atoms with E-state index in [-0.39, 0.29) is 5.91 Å². The first-order valence-electron chi connectivity index (χ1n) is 8.01. The molecule has 0 aliphatic heterocycles. The van der Waals surface area contributed by atoms with Gasteiger partial charge in [0.15, 0.2) is 11.6 Å². The number of oxazole rings is 1. The number of nitrogens with one attached hydrogen (secondary N) is 1. The summed E-state index contributed by atoms with van der Waals surface area (Å²) in [4.78, 5) is 18.4. The van der Waals surface area contributed by atoms with Gasteiger partial charge in [0, 0.05) is 18.5 Å². The third-order valence-corrected chi connectivity index (χ3v) is 4.12. The van der Waals surface area contributed by atoms with Gasteiger partial charge in [-0.2, -0.15) is 5.10 Å². The molecule has 1 aliphatic rings. The topological polar surface area (TPSA) is 75.0 Å². The van der Waals surface area contributed by atoms with Crippen LogP contribution < -0.4 is 0 Å². The first-order chi connectivity index (χ1) is 11.7. The molecule has 0 atom stereocenters.